The molecule has 1 saturated carbocycles. The number of halogens is 3. The van der Waals surface area contributed by atoms with Crippen molar-refractivity contribution in [3.05, 3.63) is 0 Å². The fourth-order valence-corrected chi connectivity index (χ4v) is 1.30. The van der Waals surface area contributed by atoms with Crippen molar-refractivity contribution in [1.82, 2.24) is 5.32 Å². The molecule has 0 aliphatic heterocycles. The molecule has 1 atom stereocenters. The maximum absolute atomic E-state index is 11.8. The van der Waals surface area contributed by atoms with Crippen molar-refractivity contribution in [3.8, 4) is 0 Å². The lowest BCUT2D eigenvalue weighted by Gasteiger charge is -2.14. The Morgan fingerprint density at radius 2 is 2.07 bits per heavy atom. The van der Waals surface area contributed by atoms with E-state index in [2.05, 4.69) is 10.1 Å². The van der Waals surface area contributed by atoms with Gasteiger partial charge in [-0.2, -0.15) is 13.2 Å². The van der Waals surface area contributed by atoms with E-state index in [-0.39, 0.29) is 6.10 Å². The number of rotatable bonds is 7. The molecule has 1 N–H and O–H groups in total. The van der Waals surface area contributed by atoms with Crippen LogP contribution in [0.25, 0.3) is 0 Å². The minimum Gasteiger partial charge on any atom is -0.369 e. The van der Waals surface area contributed by atoms with Crippen molar-refractivity contribution in [2.45, 2.75) is 50.9 Å². The zero-order valence-electron chi connectivity index (χ0n) is 8.94. The van der Waals surface area contributed by atoms with E-state index in [9.17, 15) is 13.2 Å². The molecular formula is C10H18F3NO. The Bertz CT molecular complexity index is 180. The van der Waals surface area contributed by atoms with Crippen molar-refractivity contribution < 1.29 is 17.9 Å². The minimum atomic E-state index is -4.21. The summed E-state index contributed by atoms with van der Waals surface area (Å²) in [6, 6.07) is 0.663. The SMILES string of the molecule is CC(CCCNC1CC1)OCC(F)(F)F. The summed E-state index contributed by atoms with van der Waals surface area (Å²) in [4.78, 5) is 0. The van der Waals surface area contributed by atoms with Crippen LogP contribution in [0.15, 0.2) is 0 Å². The Kier molecular flexibility index (Phi) is 4.86. The average molecular weight is 225 g/mol. The van der Waals surface area contributed by atoms with Gasteiger partial charge >= 0.3 is 6.18 Å². The molecule has 2 nitrogen and oxygen atoms in total. The van der Waals surface area contributed by atoms with Gasteiger partial charge in [-0.05, 0) is 39.2 Å². The first-order valence-electron chi connectivity index (χ1n) is 5.39. The van der Waals surface area contributed by atoms with Crippen LogP contribution in [0, 0.1) is 0 Å². The lowest BCUT2D eigenvalue weighted by molar-refractivity contribution is -0.184. The Balaban J connectivity index is 1.90. The third-order valence-corrected chi connectivity index (χ3v) is 2.33. The Labute approximate surface area is 88.2 Å². The summed E-state index contributed by atoms with van der Waals surface area (Å²) in [7, 11) is 0. The first-order chi connectivity index (χ1) is 6.97. The molecule has 1 unspecified atom stereocenters. The molecule has 0 saturated heterocycles. The summed E-state index contributed by atoms with van der Waals surface area (Å²) in [6.45, 7) is 1.43. The quantitative estimate of drug-likeness (QED) is 0.672. The highest BCUT2D eigenvalue weighted by Crippen LogP contribution is 2.19. The van der Waals surface area contributed by atoms with Crippen molar-refractivity contribution in [2.24, 2.45) is 0 Å². The lowest BCUT2D eigenvalue weighted by Crippen LogP contribution is -2.23. The van der Waals surface area contributed by atoms with Gasteiger partial charge in [0.25, 0.3) is 0 Å². The van der Waals surface area contributed by atoms with Crippen molar-refractivity contribution in [3.63, 3.8) is 0 Å². The van der Waals surface area contributed by atoms with Crippen LogP contribution in [0.2, 0.25) is 0 Å². The second-order valence-corrected chi connectivity index (χ2v) is 4.11. The van der Waals surface area contributed by atoms with Crippen molar-refractivity contribution in [1.29, 1.82) is 0 Å². The summed E-state index contributed by atoms with van der Waals surface area (Å²) >= 11 is 0. The normalized spacial score (nSPS) is 19.2. The van der Waals surface area contributed by atoms with Crippen LogP contribution >= 0.6 is 0 Å². The molecule has 0 aromatic heterocycles. The van der Waals surface area contributed by atoms with Gasteiger partial charge in [0, 0.05) is 6.04 Å². The molecule has 0 spiro atoms. The van der Waals surface area contributed by atoms with Crippen LogP contribution in [0.4, 0.5) is 13.2 Å². The van der Waals surface area contributed by atoms with Crippen LogP contribution in [-0.2, 0) is 4.74 Å². The molecule has 0 heterocycles. The molecule has 0 amide bonds. The monoisotopic (exact) mass is 225 g/mol. The first-order valence-corrected chi connectivity index (χ1v) is 5.39. The van der Waals surface area contributed by atoms with E-state index in [1.807, 2.05) is 0 Å². The van der Waals surface area contributed by atoms with Gasteiger partial charge in [-0.15, -0.1) is 0 Å². The summed E-state index contributed by atoms with van der Waals surface area (Å²) in [5.74, 6) is 0. The van der Waals surface area contributed by atoms with Crippen LogP contribution in [0.5, 0.6) is 0 Å². The number of hydrogen-bond acceptors (Lipinski definition) is 2. The molecule has 1 fully saturated rings. The maximum atomic E-state index is 11.8. The van der Waals surface area contributed by atoms with E-state index < -0.39 is 12.8 Å². The van der Waals surface area contributed by atoms with Crippen LogP contribution in [0.1, 0.15) is 32.6 Å². The van der Waals surface area contributed by atoms with Crippen molar-refractivity contribution >= 4 is 0 Å². The molecule has 1 rings (SSSR count). The zero-order valence-corrected chi connectivity index (χ0v) is 8.94. The third kappa shape index (κ3) is 7.62. The average Bonchev–Trinajstić information content (AvgIpc) is 2.91. The van der Waals surface area contributed by atoms with Crippen LogP contribution in [0.3, 0.4) is 0 Å². The molecule has 0 aromatic carbocycles. The van der Waals surface area contributed by atoms with Gasteiger partial charge in [0.05, 0.1) is 6.10 Å². The number of ether oxygens (including phenoxy) is 1. The van der Waals surface area contributed by atoms with Gasteiger partial charge in [-0.1, -0.05) is 0 Å². The van der Waals surface area contributed by atoms with Gasteiger partial charge in [0.2, 0.25) is 0 Å². The molecule has 0 radical (unpaired) electrons. The molecule has 15 heavy (non-hydrogen) atoms. The topological polar surface area (TPSA) is 21.3 Å². The van der Waals surface area contributed by atoms with Crippen molar-refractivity contribution in [2.75, 3.05) is 13.2 Å². The lowest BCUT2D eigenvalue weighted by atomic mass is 10.2. The second-order valence-electron chi connectivity index (χ2n) is 4.11. The molecule has 5 heteroatoms. The van der Waals surface area contributed by atoms with E-state index in [1.54, 1.807) is 6.92 Å². The largest absolute Gasteiger partial charge is 0.411 e. The number of hydrogen-bond donors (Lipinski definition) is 1. The highest BCUT2D eigenvalue weighted by molar-refractivity contribution is 4.80. The van der Waals surface area contributed by atoms with E-state index in [4.69, 9.17) is 0 Å². The van der Waals surface area contributed by atoms with E-state index in [0.717, 1.165) is 13.0 Å². The molecule has 90 valence electrons. The second kappa shape index (κ2) is 5.70. The fraction of sp³-hybridized carbons (Fsp3) is 1.00. The molecular weight excluding hydrogens is 207 g/mol. The van der Waals surface area contributed by atoms with E-state index in [0.29, 0.717) is 12.5 Å². The molecule has 1 aliphatic carbocycles. The fourth-order valence-electron chi connectivity index (χ4n) is 1.30. The standard InChI is InChI=1S/C10H18F3NO/c1-8(15-7-10(11,12)13)3-2-6-14-9-4-5-9/h8-9,14H,2-7H2,1H3. The van der Waals surface area contributed by atoms with Crippen LogP contribution in [-0.4, -0.2) is 31.5 Å². The van der Waals surface area contributed by atoms with Gasteiger partial charge in [-0.25, -0.2) is 0 Å². The van der Waals surface area contributed by atoms with Gasteiger partial charge in [0.15, 0.2) is 0 Å². The Hall–Kier alpha value is -0.290. The minimum absolute atomic E-state index is 0.312. The molecule has 1 aliphatic rings. The zero-order chi connectivity index (χ0) is 11.3. The third-order valence-electron chi connectivity index (χ3n) is 2.33. The Morgan fingerprint density at radius 1 is 1.40 bits per heavy atom. The smallest absolute Gasteiger partial charge is 0.369 e. The van der Waals surface area contributed by atoms with Gasteiger partial charge < -0.3 is 10.1 Å². The predicted octanol–water partition coefficient (Wildman–Crippen LogP) is 2.49. The molecule has 0 aromatic rings. The van der Waals surface area contributed by atoms with Crippen LogP contribution < -0.4 is 5.32 Å². The van der Waals surface area contributed by atoms with Gasteiger partial charge in [-0.3, -0.25) is 0 Å². The van der Waals surface area contributed by atoms with Gasteiger partial charge in [0.1, 0.15) is 6.61 Å². The maximum Gasteiger partial charge on any atom is 0.411 e. The van der Waals surface area contributed by atoms with E-state index >= 15 is 0 Å². The summed E-state index contributed by atoms with van der Waals surface area (Å²) in [5, 5.41) is 3.31. The van der Waals surface area contributed by atoms with E-state index in [1.165, 1.54) is 12.8 Å². The predicted molar refractivity (Wildman–Crippen MR) is 51.7 cm³/mol. The number of nitrogens with one attached hydrogen (secondary N) is 1. The number of alkyl halides is 3. The highest BCUT2D eigenvalue weighted by Gasteiger charge is 2.28. The summed E-state index contributed by atoms with van der Waals surface area (Å²) in [5.41, 5.74) is 0. The summed E-state index contributed by atoms with van der Waals surface area (Å²) in [6.07, 6.45) is -0.501. The highest BCUT2D eigenvalue weighted by atomic mass is 19.4. The first kappa shape index (κ1) is 12.8. The Morgan fingerprint density at radius 3 is 2.60 bits per heavy atom. The summed E-state index contributed by atoms with van der Waals surface area (Å²) < 4.78 is 40.0. The molecule has 0 bridgehead atoms.